The van der Waals surface area contributed by atoms with E-state index in [0.29, 0.717) is 12.1 Å². The summed E-state index contributed by atoms with van der Waals surface area (Å²) in [4.78, 5) is 0. The van der Waals surface area contributed by atoms with Gasteiger partial charge < -0.3 is 5.11 Å². The molecule has 4 heteroatoms. The molecule has 1 heterocycles. The minimum absolute atomic E-state index is 0.0283. The fourth-order valence-electron chi connectivity index (χ4n) is 1.43. The van der Waals surface area contributed by atoms with Crippen molar-refractivity contribution in [3.63, 3.8) is 0 Å². The SMILES string of the molecule is OCCc1ccc(-n2cccn2)c(F)c1. The summed E-state index contributed by atoms with van der Waals surface area (Å²) in [6.45, 7) is 0.0283. The first-order valence-corrected chi connectivity index (χ1v) is 4.70. The van der Waals surface area contributed by atoms with E-state index in [1.807, 2.05) is 0 Å². The standard InChI is InChI=1S/C11H11FN2O/c12-10-8-9(4-7-15)2-3-11(10)14-6-1-5-13-14/h1-3,5-6,8,15H,4,7H2. The van der Waals surface area contributed by atoms with Crippen molar-refractivity contribution in [1.29, 1.82) is 0 Å². The largest absolute Gasteiger partial charge is 0.396 e. The molecule has 2 rings (SSSR count). The molecule has 78 valence electrons. The van der Waals surface area contributed by atoms with E-state index in [9.17, 15) is 4.39 Å². The van der Waals surface area contributed by atoms with E-state index in [1.165, 1.54) is 10.7 Å². The number of hydrogen-bond donors (Lipinski definition) is 1. The Hall–Kier alpha value is -1.68. The van der Waals surface area contributed by atoms with Crippen molar-refractivity contribution in [1.82, 2.24) is 9.78 Å². The minimum Gasteiger partial charge on any atom is -0.396 e. The molecule has 0 fully saturated rings. The lowest BCUT2D eigenvalue weighted by atomic mass is 10.1. The second-order valence-corrected chi connectivity index (χ2v) is 3.21. The van der Waals surface area contributed by atoms with Crippen LogP contribution in [0.1, 0.15) is 5.56 Å². The van der Waals surface area contributed by atoms with Gasteiger partial charge in [0.1, 0.15) is 11.5 Å². The highest BCUT2D eigenvalue weighted by Gasteiger charge is 2.05. The van der Waals surface area contributed by atoms with Gasteiger partial charge in [-0.05, 0) is 30.2 Å². The molecular formula is C11H11FN2O. The Morgan fingerprint density at radius 2 is 2.27 bits per heavy atom. The monoisotopic (exact) mass is 206 g/mol. The number of aliphatic hydroxyl groups excluding tert-OH is 1. The number of aliphatic hydroxyl groups is 1. The molecule has 0 atom stereocenters. The van der Waals surface area contributed by atoms with E-state index in [0.717, 1.165) is 5.56 Å². The summed E-state index contributed by atoms with van der Waals surface area (Å²) < 4.78 is 15.1. The zero-order valence-electron chi connectivity index (χ0n) is 8.10. The topological polar surface area (TPSA) is 38.0 Å². The third-order valence-corrected chi connectivity index (χ3v) is 2.16. The summed E-state index contributed by atoms with van der Waals surface area (Å²) in [5.41, 5.74) is 1.20. The maximum atomic E-state index is 13.6. The van der Waals surface area contributed by atoms with Crippen molar-refractivity contribution in [3.8, 4) is 5.69 Å². The molecule has 1 aromatic carbocycles. The van der Waals surface area contributed by atoms with Gasteiger partial charge in [0, 0.05) is 19.0 Å². The van der Waals surface area contributed by atoms with Crippen LogP contribution in [0.2, 0.25) is 0 Å². The smallest absolute Gasteiger partial charge is 0.149 e. The summed E-state index contributed by atoms with van der Waals surface area (Å²) >= 11 is 0. The first-order chi connectivity index (χ1) is 7.31. The highest BCUT2D eigenvalue weighted by Crippen LogP contribution is 2.14. The summed E-state index contributed by atoms with van der Waals surface area (Å²) in [6, 6.07) is 6.61. The van der Waals surface area contributed by atoms with Crippen LogP contribution in [0.25, 0.3) is 5.69 Å². The van der Waals surface area contributed by atoms with Gasteiger partial charge in [-0.15, -0.1) is 0 Å². The Labute approximate surface area is 86.8 Å². The fraction of sp³-hybridized carbons (Fsp3) is 0.182. The average Bonchev–Trinajstić information content (AvgIpc) is 2.71. The van der Waals surface area contributed by atoms with Crippen molar-refractivity contribution in [2.45, 2.75) is 6.42 Å². The quantitative estimate of drug-likeness (QED) is 0.827. The summed E-state index contributed by atoms with van der Waals surface area (Å²) in [5.74, 6) is -0.329. The summed E-state index contributed by atoms with van der Waals surface area (Å²) in [6.07, 6.45) is 3.75. The van der Waals surface area contributed by atoms with Crippen molar-refractivity contribution in [3.05, 3.63) is 48.0 Å². The predicted molar refractivity (Wildman–Crippen MR) is 54.3 cm³/mol. The maximum Gasteiger partial charge on any atom is 0.149 e. The lowest BCUT2D eigenvalue weighted by Crippen LogP contribution is -2.00. The van der Waals surface area contributed by atoms with Crippen LogP contribution in [0.5, 0.6) is 0 Å². The van der Waals surface area contributed by atoms with Crippen LogP contribution in [-0.2, 0) is 6.42 Å². The molecule has 0 saturated carbocycles. The molecule has 15 heavy (non-hydrogen) atoms. The van der Waals surface area contributed by atoms with Crippen LogP contribution in [0, 0.1) is 5.82 Å². The van der Waals surface area contributed by atoms with Crippen molar-refractivity contribution in [2.75, 3.05) is 6.61 Å². The van der Waals surface area contributed by atoms with Gasteiger partial charge in [0.05, 0.1) is 0 Å². The van der Waals surface area contributed by atoms with Crippen LogP contribution < -0.4 is 0 Å². The Balaban J connectivity index is 2.35. The lowest BCUT2D eigenvalue weighted by molar-refractivity contribution is 0.299. The van der Waals surface area contributed by atoms with Gasteiger partial charge in [-0.1, -0.05) is 6.07 Å². The lowest BCUT2D eigenvalue weighted by Gasteiger charge is -2.05. The highest BCUT2D eigenvalue weighted by atomic mass is 19.1. The van der Waals surface area contributed by atoms with E-state index >= 15 is 0 Å². The van der Waals surface area contributed by atoms with Crippen molar-refractivity contribution < 1.29 is 9.50 Å². The number of benzene rings is 1. The number of hydrogen-bond acceptors (Lipinski definition) is 2. The Morgan fingerprint density at radius 1 is 1.40 bits per heavy atom. The Kier molecular flexibility index (Phi) is 2.78. The molecule has 1 aromatic heterocycles. The Bertz CT molecular complexity index is 440. The van der Waals surface area contributed by atoms with E-state index in [2.05, 4.69) is 5.10 Å². The molecule has 3 nitrogen and oxygen atoms in total. The normalized spacial score (nSPS) is 10.5. The molecule has 0 aliphatic heterocycles. The first kappa shape index (κ1) is 9.86. The summed E-state index contributed by atoms with van der Waals surface area (Å²) in [5, 5.41) is 12.7. The van der Waals surface area contributed by atoms with Crippen molar-refractivity contribution in [2.24, 2.45) is 0 Å². The third kappa shape index (κ3) is 2.05. The van der Waals surface area contributed by atoms with Crippen LogP contribution >= 0.6 is 0 Å². The number of aromatic nitrogens is 2. The van der Waals surface area contributed by atoms with Gasteiger partial charge in [-0.2, -0.15) is 5.10 Å². The van der Waals surface area contributed by atoms with E-state index in [-0.39, 0.29) is 12.4 Å². The molecule has 1 N–H and O–H groups in total. The van der Waals surface area contributed by atoms with Crippen LogP contribution in [0.4, 0.5) is 4.39 Å². The molecule has 0 bridgehead atoms. The van der Waals surface area contributed by atoms with Gasteiger partial charge in [0.25, 0.3) is 0 Å². The van der Waals surface area contributed by atoms with Crippen molar-refractivity contribution >= 4 is 0 Å². The molecule has 0 radical (unpaired) electrons. The van der Waals surface area contributed by atoms with Gasteiger partial charge in [0.2, 0.25) is 0 Å². The fourth-order valence-corrected chi connectivity index (χ4v) is 1.43. The van der Waals surface area contributed by atoms with Gasteiger partial charge >= 0.3 is 0 Å². The van der Waals surface area contributed by atoms with E-state index in [1.54, 1.807) is 30.6 Å². The number of halogens is 1. The molecule has 0 aliphatic carbocycles. The van der Waals surface area contributed by atoms with Crippen LogP contribution in [0.15, 0.2) is 36.7 Å². The zero-order chi connectivity index (χ0) is 10.7. The number of rotatable bonds is 3. The second kappa shape index (κ2) is 4.23. The van der Waals surface area contributed by atoms with Crippen LogP contribution in [-0.4, -0.2) is 21.5 Å². The molecule has 0 aliphatic rings. The van der Waals surface area contributed by atoms with Crippen LogP contribution in [0.3, 0.4) is 0 Å². The Morgan fingerprint density at radius 3 is 2.87 bits per heavy atom. The maximum absolute atomic E-state index is 13.6. The minimum atomic E-state index is -0.329. The first-order valence-electron chi connectivity index (χ1n) is 4.70. The molecule has 0 saturated heterocycles. The average molecular weight is 206 g/mol. The number of nitrogens with zero attached hydrogens (tertiary/aromatic N) is 2. The zero-order valence-corrected chi connectivity index (χ0v) is 8.10. The molecule has 0 amide bonds. The highest BCUT2D eigenvalue weighted by molar-refractivity contribution is 5.35. The second-order valence-electron chi connectivity index (χ2n) is 3.21. The predicted octanol–water partition coefficient (Wildman–Crippen LogP) is 1.55. The third-order valence-electron chi connectivity index (χ3n) is 2.16. The van der Waals surface area contributed by atoms with E-state index < -0.39 is 0 Å². The van der Waals surface area contributed by atoms with E-state index in [4.69, 9.17) is 5.11 Å². The van der Waals surface area contributed by atoms with Gasteiger partial charge in [-0.25, -0.2) is 9.07 Å². The molecule has 2 aromatic rings. The molecule has 0 spiro atoms. The molecule has 0 unspecified atom stereocenters. The molecular weight excluding hydrogens is 195 g/mol. The summed E-state index contributed by atoms with van der Waals surface area (Å²) in [7, 11) is 0. The van der Waals surface area contributed by atoms with Gasteiger partial charge in [-0.3, -0.25) is 0 Å². The van der Waals surface area contributed by atoms with Gasteiger partial charge in [0.15, 0.2) is 0 Å².